The number of carbonyl (C=O) groups excluding carboxylic acids is 1. The molecule has 0 aliphatic rings. The summed E-state index contributed by atoms with van der Waals surface area (Å²) in [7, 11) is 1.73. The lowest BCUT2D eigenvalue weighted by Crippen LogP contribution is -2.30. The molecule has 1 heterocycles. The third-order valence-electron chi connectivity index (χ3n) is 1.94. The van der Waals surface area contributed by atoms with Crippen molar-refractivity contribution in [1.29, 1.82) is 0 Å². The molecule has 0 aromatic carbocycles. The van der Waals surface area contributed by atoms with Crippen LogP contribution in [0.15, 0.2) is 6.20 Å². The number of hydrogen-bond donors (Lipinski definition) is 1. The smallest absolute Gasteiger partial charge is 0.244 e. The Bertz CT molecular complexity index is 317. The highest BCUT2D eigenvalue weighted by Crippen LogP contribution is 2.14. The van der Waals surface area contributed by atoms with Gasteiger partial charge in [0.2, 0.25) is 5.91 Å². The molecule has 0 spiro atoms. The van der Waals surface area contributed by atoms with Crippen molar-refractivity contribution in [1.82, 2.24) is 14.7 Å². The van der Waals surface area contributed by atoms with Gasteiger partial charge in [-0.25, -0.2) is 0 Å². The van der Waals surface area contributed by atoms with Crippen molar-refractivity contribution in [2.45, 2.75) is 13.5 Å². The Hall–Kier alpha value is -1.23. The van der Waals surface area contributed by atoms with Crippen molar-refractivity contribution < 1.29 is 4.79 Å². The van der Waals surface area contributed by atoms with Crippen LogP contribution in [0.2, 0.25) is 5.02 Å². The molecule has 1 aromatic heterocycles. The Kier molecular flexibility index (Phi) is 3.35. The molecule has 5 nitrogen and oxygen atoms in total. The van der Waals surface area contributed by atoms with Crippen LogP contribution in [-0.4, -0.2) is 34.2 Å². The second-order valence-corrected chi connectivity index (χ2v) is 3.37. The fourth-order valence-electron chi connectivity index (χ4n) is 0.929. The van der Waals surface area contributed by atoms with E-state index >= 15 is 0 Å². The van der Waals surface area contributed by atoms with E-state index in [4.69, 9.17) is 17.3 Å². The van der Waals surface area contributed by atoms with E-state index < -0.39 is 0 Å². The standard InChI is InChI=1S/C8H13ClN4O/c1-3-12(2)7(14)5-13-4-6(9)8(10)11-13/h4H,3,5H2,1-2H3,(H2,10,11). The minimum atomic E-state index is -0.0216. The molecule has 0 bridgehead atoms. The lowest BCUT2D eigenvalue weighted by molar-refractivity contribution is -0.130. The van der Waals surface area contributed by atoms with E-state index in [-0.39, 0.29) is 18.3 Å². The molecule has 0 atom stereocenters. The average Bonchev–Trinajstić information content (AvgIpc) is 2.44. The van der Waals surface area contributed by atoms with E-state index in [1.807, 2.05) is 6.92 Å². The van der Waals surface area contributed by atoms with Crippen LogP contribution in [0.25, 0.3) is 0 Å². The normalized spacial score (nSPS) is 10.2. The number of anilines is 1. The number of halogens is 1. The van der Waals surface area contributed by atoms with Gasteiger partial charge in [-0.05, 0) is 6.92 Å². The topological polar surface area (TPSA) is 64.2 Å². The summed E-state index contributed by atoms with van der Waals surface area (Å²) in [5, 5.41) is 4.25. The van der Waals surface area contributed by atoms with Crippen LogP contribution in [0.4, 0.5) is 5.82 Å². The molecule has 0 fully saturated rings. The van der Waals surface area contributed by atoms with Crippen molar-refractivity contribution in [3.63, 3.8) is 0 Å². The quantitative estimate of drug-likeness (QED) is 0.805. The van der Waals surface area contributed by atoms with E-state index in [0.29, 0.717) is 11.6 Å². The largest absolute Gasteiger partial charge is 0.381 e. The van der Waals surface area contributed by atoms with E-state index in [1.54, 1.807) is 11.9 Å². The van der Waals surface area contributed by atoms with Gasteiger partial charge in [0.05, 0.1) is 0 Å². The maximum Gasteiger partial charge on any atom is 0.244 e. The third-order valence-corrected chi connectivity index (χ3v) is 2.23. The molecule has 6 heteroatoms. The number of aromatic nitrogens is 2. The van der Waals surface area contributed by atoms with Gasteiger partial charge in [0, 0.05) is 19.8 Å². The van der Waals surface area contributed by atoms with Crippen LogP contribution in [0.3, 0.4) is 0 Å². The number of nitrogen functional groups attached to an aromatic ring is 1. The summed E-state index contributed by atoms with van der Waals surface area (Å²) in [6.07, 6.45) is 1.54. The Balaban J connectivity index is 2.65. The highest BCUT2D eigenvalue weighted by Gasteiger charge is 2.09. The number of hydrogen-bond acceptors (Lipinski definition) is 3. The molecule has 2 N–H and O–H groups in total. The number of nitrogens with zero attached hydrogens (tertiary/aromatic N) is 3. The second-order valence-electron chi connectivity index (χ2n) is 2.97. The van der Waals surface area contributed by atoms with Crippen molar-refractivity contribution in [2.75, 3.05) is 19.3 Å². The highest BCUT2D eigenvalue weighted by molar-refractivity contribution is 6.32. The van der Waals surface area contributed by atoms with Crippen LogP contribution in [0, 0.1) is 0 Å². The Morgan fingerprint density at radius 3 is 2.86 bits per heavy atom. The number of carbonyl (C=O) groups is 1. The van der Waals surface area contributed by atoms with Gasteiger partial charge >= 0.3 is 0 Å². The molecular weight excluding hydrogens is 204 g/mol. The summed E-state index contributed by atoms with van der Waals surface area (Å²) in [6.45, 7) is 2.74. The Labute approximate surface area is 87.4 Å². The first-order valence-electron chi connectivity index (χ1n) is 4.27. The summed E-state index contributed by atoms with van der Waals surface area (Å²) < 4.78 is 1.44. The van der Waals surface area contributed by atoms with Gasteiger partial charge in [-0.3, -0.25) is 9.48 Å². The van der Waals surface area contributed by atoms with E-state index in [9.17, 15) is 4.79 Å². The van der Waals surface area contributed by atoms with Gasteiger partial charge in [0.1, 0.15) is 11.6 Å². The SMILES string of the molecule is CCN(C)C(=O)Cn1cc(Cl)c(N)n1. The predicted molar refractivity (Wildman–Crippen MR) is 55.0 cm³/mol. The first-order chi connectivity index (χ1) is 6.54. The van der Waals surface area contributed by atoms with Gasteiger partial charge in [-0.1, -0.05) is 11.6 Å². The summed E-state index contributed by atoms with van der Waals surface area (Å²) >= 11 is 5.69. The molecule has 0 saturated carbocycles. The van der Waals surface area contributed by atoms with Crippen LogP contribution < -0.4 is 5.73 Å². The Morgan fingerprint density at radius 1 is 1.79 bits per heavy atom. The maximum absolute atomic E-state index is 11.4. The zero-order valence-corrected chi connectivity index (χ0v) is 8.95. The van der Waals surface area contributed by atoms with Gasteiger partial charge in [-0.15, -0.1) is 0 Å². The molecule has 1 amide bonds. The van der Waals surface area contributed by atoms with Gasteiger partial charge in [0.15, 0.2) is 5.82 Å². The zero-order chi connectivity index (χ0) is 10.7. The van der Waals surface area contributed by atoms with Gasteiger partial charge < -0.3 is 10.6 Å². The highest BCUT2D eigenvalue weighted by atomic mass is 35.5. The lowest BCUT2D eigenvalue weighted by Gasteiger charge is -2.13. The first-order valence-corrected chi connectivity index (χ1v) is 4.64. The number of nitrogens with two attached hydrogens (primary N) is 1. The van der Waals surface area contributed by atoms with Crippen molar-refractivity contribution >= 4 is 23.3 Å². The maximum atomic E-state index is 11.4. The lowest BCUT2D eigenvalue weighted by atomic mass is 10.5. The monoisotopic (exact) mass is 216 g/mol. The van der Waals surface area contributed by atoms with Crippen LogP contribution in [0.5, 0.6) is 0 Å². The molecule has 78 valence electrons. The summed E-state index contributed by atoms with van der Waals surface area (Å²) in [5.41, 5.74) is 5.44. The fraction of sp³-hybridized carbons (Fsp3) is 0.500. The molecule has 1 aromatic rings. The zero-order valence-electron chi connectivity index (χ0n) is 8.20. The minimum Gasteiger partial charge on any atom is -0.381 e. The van der Waals surface area contributed by atoms with E-state index in [1.165, 1.54) is 10.9 Å². The molecule has 0 radical (unpaired) electrons. The molecule has 1 rings (SSSR count). The summed E-state index contributed by atoms with van der Waals surface area (Å²) in [6, 6.07) is 0. The number of likely N-dealkylation sites (N-methyl/N-ethyl adjacent to an activating group) is 1. The molecule has 0 aliphatic heterocycles. The molecular formula is C8H13ClN4O. The molecule has 0 aliphatic carbocycles. The predicted octanol–water partition coefficient (Wildman–Crippen LogP) is 0.597. The molecule has 0 unspecified atom stereocenters. The third kappa shape index (κ3) is 2.38. The summed E-state index contributed by atoms with van der Waals surface area (Å²) in [5.74, 6) is 0.227. The molecule has 0 saturated heterocycles. The first kappa shape index (κ1) is 10.8. The van der Waals surface area contributed by atoms with Gasteiger partial charge in [0.25, 0.3) is 0 Å². The average molecular weight is 217 g/mol. The number of amides is 1. The summed E-state index contributed by atoms with van der Waals surface area (Å²) in [4.78, 5) is 13.0. The van der Waals surface area contributed by atoms with E-state index in [2.05, 4.69) is 5.10 Å². The van der Waals surface area contributed by atoms with Crippen molar-refractivity contribution in [3.8, 4) is 0 Å². The fourth-order valence-corrected chi connectivity index (χ4v) is 1.08. The minimum absolute atomic E-state index is 0.0216. The van der Waals surface area contributed by atoms with Gasteiger partial charge in [-0.2, -0.15) is 5.10 Å². The Morgan fingerprint density at radius 2 is 2.43 bits per heavy atom. The van der Waals surface area contributed by atoms with Crippen LogP contribution in [-0.2, 0) is 11.3 Å². The number of rotatable bonds is 3. The molecule has 14 heavy (non-hydrogen) atoms. The second kappa shape index (κ2) is 4.32. The van der Waals surface area contributed by atoms with E-state index in [0.717, 1.165) is 0 Å². The van der Waals surface area contributed by atoms with Crippen molar-refractivity contribution in [3.05, 3.63) is 11.2 Å². The van der Waals surface area contributed by atoms with Crippen LogP contribution in [0.1, 0.15) is 6.92 Å². The van der Waals surface area contributed by atoms with Crippen LogP contribution >= 0.6 is 11.6 Å². The van der Waals surface area contributed by atoms with Crippen molar-refractivity contribution in [2.24, 2.45) is 0 Å².